The second-order valence-corrected chi connectivity index (χ2v) is 4.51. The van der Waals surface area contributed by atoms with Crippen molar-refractivity contribution in [3.05, 3.63) is 23.5 Å². The number of carbonyl (C=O) groups is 1. The summed E-state index contributed by atoms with van der Waals surface area (Å²) >= 11 is 0. The van der Waals surface area contributed by atoms with Crippen LogP contribution in [0.1, 0.15) is 36.5 Å². The van der Waals surface area contributed by atoms with Crippen LogP contribution >= 0.6 is 0 Å². The second-order valence-electron chi connectivity index (χ2n) is 4.51. The van der Waals surface area contributed by atoms with E-state index in [0.717, 1.165) is 31.9 Å². The fraction of sp³-hybridized carbons (Fsp3) is 0.500. The third-order valence-electron chi connectivity index (χ3n) is 3.03. The molecule has 1 rings (SSSR count). The Kier molecular flexibility index (Phi) is 5.60. The number of nitrogens with zero attached hydrogens (tertiary/aromatic N) is 1. The van der Waals surface area contributed by atoms with E-state index in [9.17, 15) is 9.18 Å². The Balaban J connectivity index is 2.96. The fourth-order valence-electron chi connectivity index (χ4n) is 1.88. The van der Waals surface area contributed by atoms with Crippen molar-refractivity contribution in [2.45, 2.75) is 26.2 Å². The third kappa shape index (κ3) is 3.84. The smallest absolute Gasteiger partial charge is 0.340 e. The van der Waals surface area contributed by atoms with Crippen molar-refractivity contribution in [1.82, 2.24) is 0 Å². The fourth-order valence-corrected chi connectivity index (χ4v) is 1.88. The van der Waals surface area contributed by atoms with Crippen LogP contribution in [-0.4, -0.2) is 26.7 Å². The van der Waals surface area contributed by atoms with E-state index in [-0.39, 0.29) is 11.3 Å². The third-order valence-corrected chi connectivity index (χ3v) is 3.03. The summed E-state index contributed by atoms with van der Waals surface area (Å²) in [5, 5.41) is 0. The van der Waals surface area contributed by atoms with E-state index >= 15 is 0 Å². The van der Waals surface area contributed by atoms with Gasteiger partial charge in [0, 0.05) is 19.3 Å². The molecule has 106 valence electrons. The summed E-state index contributed by atoms with van der Waals surface area (Å²) in [5.41, 5.74) is 6.28. The van der Waals surface area contributed by atoms with Gasteiger partial charge in [-0.25, -0.2) is 9.18 Å². The van der Waals surface area contributed by atoms with Crippen LogP contribution in [0.2, 0.25) is 0 Å². The number of nitrogen functional groups attached to an aromatic ring is 1. The first kappa shape index (κ1) is 15.3. The Labute approximate surface area is 113 Å². The van der Waals surface area contributed by atoms with Crippen molar-refractivity contribution >= 4 is 17.3 Å². The largest absolute Gasteiger partial charge is 0.465 e. The van der Waals surface area contributed by atoms with Gasteiger partial charge >= 0.3 is 5.97 Å². The normalized spacial score (nSPS) is 10.3. The van der Waals surface area contributed by atoms with Crippen molar-refractivity contribution in [2.75, 3.05) is 31.3 Å². The number of hydrogen-bond donors (Lipinski definition) is 1. The Morgan fingerprint density at radius 1 is 1.42 bits per heavy atom. The van der Waals surface area contributed by atoms with Gasteiger partial charge < -0.3 is 15.4 Å². The quantitative estimate of drug-likeness (QED) is 0.489. The average Bonchev–Trinajstić information content (AvgIpc) is 2.38. The van der Waals surface area contributed by atoms with E-state index in [4.69, 9.17) is 5.73 Å². The molecule has 0 saturated heterocycles. The van der Waals surface area contributed by atoms with Gasteiger partial charge in [-0.1, -0.05) is 19.8 Å². The number of rotatable bonds is 6. The van der Waals surface area contributed by atoms with Crippen LogP contribution in [0.5, 0.6) is 0 Å². The summed E-state index contributed by atoms with van der Waals surface area (Å²) in [7, 11) is 3.07. The predicted molar refractivity (Wildman–Crippen MR) is 74.9 cm³/mol. The molecule has 0 amide bonds. The standard InChI is InChI=1S/C14H21FN2O2/c1-4-5-6-7-17(2)13-8-10(14(18)19-3)12(16)9-11(13)15/h8-9H,4-7,16H2,1-3H3. The number of ether oxygens (including phenoxy) is 1. The molecule has 0 bridgehead atoms. The molecule has 0 atom stereocenters. The average molecular weight is 268 g/mol. The maximum absolute atomic E-state index is 13.9. The minimum atomic E-state index is -0.555. The van der Waals surface area contributed by atoms with Gasteiger partial charge in [0.25, 0.3) is 0 Å². The van der Waals surface area contributed by atoms with E-state index in [1.165, 1.54) is 13.2 Å². The van der Waals surface area contributed by atoms with Crippen LogP contribution in [0.25, 0.3) is 0 Å². The number of halogens is 1. The lowest BCUT2D eigenvalue weighted by molar-refractivity contribution is 0.0602. The van der Waals surface area contributed by atoms with E-state index in [1.54, 1.807) is 11.9 Å². The van der Waals surface area contributed by atoms with Crippen molar-refractivity contribution in [3.63, 3.8) is 0 Å². The number of esters is 1. The molecule has 0 aliphatic carbocycles. The highest BCUT2D eigenvalue weighted by Gasteiger charge is 2.16. The summed E-state index contributed by atoms with van der Waals surface area (Å²) in [4.78, 5) is 13.3. The second kappa shape index (κ2) is 6.97. The summed E-state index contributed by atoms with van der Waals surface area (Å²) in [6.45, 7) is 2.84. The molecule has 4 nitrogen and oxygen atoms in total. The lowest BCUT2D eigenvalue weighted by Crippen LogP contribution is -2.21. The zero-order chi connectivity index (χ0) is 14.4. The number of anilines is 2. The predicted octanol–water partition coefficient (Wildman–Crippen LogP) is 2.82. The molecule has 0 heterocycles. The van der Waals surface area contributed by atoms with Crippen LogP contribution in [0.4, 0.5) is 15.8 Å². The first-order chi connectivity index (χ1) is 9.01. The topological polar surface area (TPSA) is 55.6 Å². The van der Waals surface area contributed by atoms with Crippen LogP contribution in [0.15, 0.2) is 12.1 Å². The van der Waals surface area contributed by atoms with Crippen molar-refractivity contribution in [2.24, 2.45) is 0 Å². The lowest BCUT2D eigenvalue weighted by Gasteiger charge is -2.21. The lowest BCUT2D eigenvalue weighted by atomic mass is 10.1. The Hall–Kier alpha value is -1.78. The first-order valence-electron chi connectivity index (χ1n) is 6.39. The SMILES string of the molecule is CCCCCN(C)c1cc(C(=O)OC)c(N)cc1F. The monoisotopic (exact) mass is 268 g/mol. The van der Waals surface area contributed by atoms with E-state index < -0.39 is 11.8 Å². The van der Waals surface area contributed by atoms with Gasteiger partial charge in [0.05, 0.1) is 18.4 Å². The summed E-state index contributed by atoms with van der Waals surface area (Å²) in [6, 6.07) is 2.61. The number of methoxy groups -OCH3 is 1. The van der Waals surface area contributed by atoms with Gasteiger partial charge in [0.15, 0.2) is 0 Å². The highest BCUT2D eigenvalue weighted by atomic mass is 19.1. The Morgan fingerprint density at radius 3 is 2.68 bits per heavy atom. The van der Waals surface area contributed by atoms with Crippen LogP contribution in [0.3, 0.4) is 0 Å². The summed E-state index contributed by atoms with van der Waals surface area (Å²) in [5.74, 6) is -0.982. The minimum Gasteiger partial charge on any atom is -0.465 e. The summed E-state index contributed by atoms with van der Waals surface area (Å²) in [6.07, 6.45) is 3.17. The molecule has 0 aromatic heterocycles. The number of nitrogens with two attached hydrogens (primary N) is 1. The molecule has 1 aromatic rings. The van der Waals surface area contributed by atoms with E-state index in [0.29, 0.717) is 5.69 Å². The van der Waals surface area contributed by atoms with Gasteiger partial charge in [0.1, 0.15) is 5.82 Å². The molecule has 1 aromatic carbocycles. The zero-order valence-corrected chi connectivity index (χ0v) is 11.7. The molecule has 0 aliphatic rings. The van der Waals surface area contributed by atoms with Crippen LogP contribution < -0.4 is 10.6 Å². The Morgan fingerprint density at radius 2 is 2.11 bits per heavy atom. The van der Waals surface area contributed by atoms with Gasteiger partial charge in [0.2, 0.25) is 0 Å². The van der Waals surface area contributed by atoms with Gasteiger partial charge in [-0.05, 0) is 18.6 Å². The van der Waals surface area contributed by atoms with Crippen molar-refractivity contribution < 1.29 is 13.9 Å². The van der Waals surface area contributed by atoms with Gasteiger partial charge in [-0.15, -0.1) is 0 Å². The van der Waals surface area contributed by atoms with Gasteiger partial charge in [-0.3, -0.25) is 0 Å². The maximum Gasteiger partial charge on any atom is 0.340 e. The van der Waals surface area contributed by atoms with Gasteiger partial charge in [-0.2, -0.15) is 0 Å². The maximum atomic E-state index is 13.9. The molecule has 0 saturated carbocycles. The number of unbranched alkanes of at least 4 members (excludes halogenated alkanes) is 2. The molecular weight excluding hydrogens is 247 g/mol. The van der Waals surface area contributed by atoms with Crippen LogP contribution in [0, 0.1) is 5.82 Å². The summed E-state index contributed by atoms with van der Waals surface area (Å²) < 4.78 is 18.5. The molecule has 0 spiro atoms. The zero-order valence-electron chi connectivity index (χ0n) is 11.7. The molecule has 0 unspecified atom stereocenters. The van der Waals surface area contributed by atoms with Crippen molar-refractivity contribution in [1.29, 1.82) is 0 Å². The Bertz CT molecular complexity index is 449. The minimum absolute atomic E-state index is 0.0926. The highest BCUT2D eigenvalue weighted by molar-refractivity contribution is 5.96. The number of carbonyl (C=O) groups excluding carboxylic acids is 1. The van der Waals surface area contributed by atoms with Crippen LogP contribution in [-0.2, 0) is 4.74 Å². The highest BCUT2D eigenvalue weighted by Crippen LogP contribution is 2.25. The molecule has 0 fully saturated rings. The number of benzene rings is 1. The number of hydrogen-bond acceptors (Lipinski definition) is 4. The van der Waals surface area contributed by atoms with E-state index in [2.05, 4.69) is 11.7 Å². The molecular formula is C14H21FN2O2. The first-order valence-corrected chi connectivity index (χ1v) is 6.39. The van der Waals surface area contributed by atoms with Crippen molar-refractivity contribution in [3.8, 4) is 0 Å². The molecule has 0 radical (unpaired) electrons. The molecule has 19 heavy (non-hydrogen) atoms. The molecule has 0 aliphatic heterocycles. The van der Waals surface area contributed by atoms with E-state index in [1.807, 2.05) is 0 Å². The molecule has 5 heteroatoms. The molecule has 2 N–H and O–H groups in total.